The van der Waals surface area contributed by atoms with Crippen molar-refractivity contribution in [3.63, 3.8) is 0 Å². The Labute approximate surface area is 150 Å². The third-order valence-electron chi connectivity index (χ3n) is 3.29. The summed E-state index contributed by atoms with van der Waals surface area (Å²) in [6.07, 6.45) is 16.6. The molecule has 0 unspecified atom stereocenters. The minimum atomic E-state index is -1.66. The van der Waals surface area contributed by atoms with Crippen LogP contribution in [0.3, 0.4) is 0 Å². The largest absolute Gasteiger partial charge is 0.508 e. The Morgan fingerprint density at radius 1 is 1.20 bits per heavy atom. The molecule has 0 spiro atoms. The minimum absolute atomic E-state index is 0.164. The lowest BCUT2D eigenvalue weighted by Gasteiger charge is -2.09. The standard InChI is InChI=1S/C20H25BN2O2/c1-5-8-10-11-13-16(4)20-22-18(15-19(23-20)21(24)25)17(12-7-3)14-9-6-2/h5-7,10-15,24-25H,1-2,8-9H2,3-4H3/b11-10-,12-7-,16-13+,17-14+. The van der Waals surface area contributed by atoms with Gasteiger partial charge in [0, 0.05) is 0 Å². The summed E-state index contributed by atoms with van der Waals surface area (Å²) >= 11 is 0. The van der Waals surface area contributed by atoms with Gasteiger partial charge in [-0.1, -0.05) is 48.6 Å². The highest BCUT2D eigenvalue weighted by molar-refractivity contribution is 6.57. The second kappa shape index (κ2) is 11.1. The highest BCUT2D eigenvalue weighted by Gasteiger charge is 2.17. The maximum absolute atomic E-state index is 9.56. The molecular formula is C20H25BN2O2. The number of aromatic nitrogens is 2. The van der Waals surface area contributed by atoms with Crippen molar-refractivity contribution in [3.05, 3.63) is 79.4 Å². The lowest BCUT2D eigenvalue weighted by Crippen LogP contribution is -2.34. The molecule has 2 N–H and O–H groups in total. The molecule has 1 aromatic rings. The van der Waals surface area contributed by atoms with Crippen LogP contribution >= 0.6 is 0 Å². The van der Waals surface area contributed by atoms with Crippen LogP contribution in [0.4, 0.5) is 0 Å². The van der Waals surface area contributed by atoms with Gasteiger partial charge in [0.25, 0.3) is 0 Å². The first-order chi connectivity index (χ1) is 12.0. The zero-order valence-electron chi connectivity index (χ0n) is 14.9. The molecule has 25 heavy (non-hydrogen) atoms. The van der Waals surface area contributed by atoms with Gasteiger partial charge < -0.3 is 10.0 Å². The smallest absolute Gasteiger partial charge is 0.422 e. The maximum atomic E-state index is 9.56. The fraction of sp³-hybridized carbons (Fsp3) is 0.200. The van der Waals surface area contributed by atoms with E-state index in [1.165, 1.54) is 0 Å². The van der Waals surface area contributed by atoms with E-state index in [1.54, 1.807) is 12.1 Å². The van der Waals surface area contributed by atoms with Gasteiger partial charge in [0.2, 0.25) is 0 Å². The molecule has 0 amide bonds. The molecule has 1 rings (SSSR count). The highest BCUT2D eigenvalue weighted by atomic mass is 16.4. The summed E-state index contributed by atoms with van der Waals surface area (Å²) in [5, 5.41) is 19.1. The van der Waals surface area contributed by atoms with Gasteiger partial charge in [-0.25, -0.2) is 9.97 Å². The maximum Gasteiger partial charge on any atom is 0.508 e. The second-order valence-corrected chi connectivity index (χ2v) is 5.36. The van der Waals surface area contributed by atoms with Gasteiger partial charge in [0.05, 0.1) is 11.3 Å². The first-order valence-electron chi connectivity index (χ1n) is 8.17. The molecule has 130 valence electrons. The Kier molecular flexibility index (Phi) is 9.15. The van der Waals surface area contributed by atoms with Crippen molar-refractivity contribution >= 4 is 23.9 Å². The van der Waals surface area contributed by atoms with Crippen molar-refractivity contribution in [2.24, 2.45) is 0 Å². The molecule has 0 aliphatic carbocycles. The quantitative estimate of drug-likeness (QED) is 0.413. The van der Waals surface area contributed by atoms with Crippen LogP contribution in [-0.2, 0) is 0 Å². The molecule has 1 heterocycles. The Morgan fingerprint density at radius 2 is 1.92 bits per heavy atom. The summed E-state index contributed by atoms with van der Waals surface area (Å²) in [6.45, 7) is 11.2. The lowest BCUT2D eigenvalue weighted by molar-refractivity contribution is 0.424. The number of nitrogens with zero attached hydrogens (tertiary/aromatic N) is 2. The van der Waals surface area contributed by atoms with Crippen molar-refractivity contribution in [1.82, 2.24) is 9.97 Å². The van der Waals surface area contributed by atoms with Crippen LogP contribution in [-0.4, -0.2) is 27.1 Å². The van der Waals surface area contributed by atoms with Crippen LogP contribution in [0, 0.1) is 0 Å². The summed E-state index contributed by atoms with van der Waals surface area (Å²) in [5.41, 5.74) is 2.50. The fourth-order valence-corrected chi connectivity index (χ4v) is 2.03. The van der Waals surface area contributed by atoms with E-state index in [0.29, 0.717) is 17.9 Å². The monoisotopic (exact) mass is 336 g/mol. The molecule has 0 saturated heterocycles. The molecule has 0 bridgehead atoms. The number of hydrogen-bond acceptors (Lipinski definition) is 4. The third-order valence-corrected chi connectivity index (χ3v) is 3.29. The van der Waals surface area contributed by atoms with Crippen LogP contribution in [0.5, 0.6) is 0 Å². The molecule has 0 aromatic carbocycles. The zero-order valence-corrected chi connectivity index (χ0v) is 14.9. The van der Waals surface area contributed by atoms with E-state index in [1.807, 2.05) is 56.4 Å². The number of hydrogen-bond donors (Lipinski definition) is 2. The Bertz CT molecular complexity index is 716. The van der Waals surface area contributed by atoms with Crippen LogP contribution in [0.15, 0.2) is 67.8 Å². The highest BCUT2D eigenvalue weighted by Crippen LogP contribution is 2.17. The molecule has 0 aliphatic heterocycles. The van der Waals surface area contributed by atoms with E-state index in [0.717, 1.165) is 17.6 Å². The topological polar surface area (TPSA) is 66.2 Å². The van der Waals surface area contributed by atoms with E-state index in [2.05, 4.69) is 23.1 Å². The average Bonchev–Trinajstić information content (AvgIpc) is 2.61. The van der Waals surface area contributed by atoms with Gasteiger partial charge in [-0.2, -0.15) is 0 Å². The summed E-state index contributed by atoms with van der Waals surface area (Å²) in [6, 6.07) is 1.59. The number of rotatable bonds is 9. The van der Waals surface area contributed by atoms with E-state index in [9.17, 15) is 10.0 Å². The summed E-state index contributed by atoms with van der Waals surface area (Å²) in [7, 11) is -1.66. The Morgan fingerprint density at radius 3 is 2.52 bits per heavy atom. The second-order valence-electron chi connectivity index (χ2n) is 5.36. The summed E-state index contributed by atoms with van der Waals surface area (Å²) < 4.78 is 0. The molecule has 4 nitrogen and oxygen atoms in total. The van der Waals surface area contributed by atoms with E-state index < -0.39 is 7.12 Å². The Balaban J connectivity index is 3.37. The predicted molar refractivity (Wildman–Crippen MR) is 107 cm³/mol. The van der Waals surface area contributed by atoms with E-state index in [4.69, 9.17) is 0 Å². The molecule has 0 fully saturated rings. The first-order valence-corrected chi connectivity index (χ1v) is 8.17. The summed E-state index contributed by atoms with van der Waals surface area (Å²) in [5.74, 6) is 0.456. The van der Waals surface area contributed by atoms with Crippen LogP contribution in [0.1, 0.15) is 38.2 Å². The van der Waals surface area contributed by atoms with Crippen molar-refractivity contribution < 1.29 is 10.0 Å². The van der Waals surface area contributed by atoms with Gasteiger partial charge in [-0.05, 0) is 43.9 Å². The normalized spacial score (nSPS) is 12.8. The van der Waals surface area contributed by atoms with E-state index >= 15 is 0 Å². The minimum Gasteiger partial charge on any atom is -0.422 e. The molecule has 1 aromatic heterocycles. The van der Waals surface area contributed by atoms with Gasteiger partial charge >= 0.3 is 7.12 Å². The molecule has 0 atom stereocenters. The predicted octanol–water partition coefficient (Wildman–Crippen LogP) is 3.23. The van der Waals surface area contributed by atoms with Gasteiger partial charge in [-0.3, -0.25) is 0 Å². The molecule has 0 aliphatic rings. The van der Waals surface area contributed by atoms with E-state index in [-0.39, 0.29) is 5.59 Å². The van der Waals surface area contributed by atoms with Crippen molar-refractivity contribution in [2.45, 2.75) is 26.7 Å². The van der Waals surface area contributed by atoms with Crippen molar-refractivity contribution in [3.8, 4) is 0 Å². The van der Waals surface area contributed by atoms with Gasteiger partial charge in [-0.15, -0.1) is 13.2 Å². The third kappa shape index (κ3) is 6.87. The summed E-state index contributed by atoms with van der Waals surface area (Å²) in [4.78, 5) is 8.83. The average molecular weight is 336 g/mol. The van der Waals surface area contributed by atoms with Gasteiger partial charge in [0.1, 0.15) is 0 Å². The molecular weight excluding hydrogens is 311 g/mol. The SMILES string of the molecule is C=CC/C=C\C=C(/C)c1nc(B(O)O)cc(C(/C=C\C)=C/CC=C)n1. The lowest BCUT2D eigenvalue weighted by atomic mass is 9.85. The van der Waals surface area contributed by atoms with Crippen molar-refractivity contribution in [2.75, 3.05) is 0 Å². The fourth-order valence-electron chi connectivity index (χ4n) is 2.03. The number of allylic oxidation sites excluding steroid dienone is 10. The van der Waals surface area contributed by atoms with Gasteiger partial charge in [0.15, 0.2) is 5.82 Å². The molecule has 5 heteroatoms. The van der Waals surface area contributed by atoms with Crippen LogP contribution in [0.25, 0.3) is 11.1 Å². The zero-order chi connectivity index (χ0) is 18.7. The van der Waals surface area contributed by atoms with Crippen LogP contribution < -0.4 is 5.59 Å². The molecule has 0 saturated carbocycles. The Hall–Kier alpha value is -2.50. The first kappa shape index (κ1) is 20.5. The van der Waals surface area contributed by atoms with Crippen molar-refractivity contribution in [1.29, 1.82) is 0 Å². The molecule has 0 radical (unpaired) electrons. The van der Waals surface area contributed by atoms with Crippen LogP contribution in [0.2, 0.25) is 0 Å².